The van der Waals surface area contributed by atoms with Crippen LogP contribution in [0.15, 0.2) is 16.6 Å². The Morgan fingerprint density at radius 1 is 1.07 bits per heavy atom. The van der Waals surface area contributed by atoms with Gasteiger partial charge in [0.25, 0.3) is 0 Å². The number of guanidine groups is 1. The highest BCUT2D eigenvalue weighted by Crippen LogP contribution is 2.26. The lowest BCUT2D eigenvalue weighted by molar-refractivity contribution is -0.137. The summed E-state index contributed by atoms with van der Waals surface area (Å²) in [6.07, 6.45) is 13.4. The van der Waals surface area contributed by atoms with Crippen LogP contribution >= 0.6 is 0 Å². The number of carbonyl (C=O) groups excluding carboxylic acids is 1. The molecule has 1 heterocycles. The summed E-state index contributed by atoms with van der Waals surface area (Å²) in [4.78, 5) is 21.4. The summed E-state index contributed by atoms with van der Waals surface area (Å²) in [7, 11) is 1.84. The molecule has 6 nitrogen and oxygen atoms in total. The molecular weight excluding hydrogens is 350 g/mol. The van der Waals surface area contributed by atoms with Crippen molar-refractivity contribution in [2.75, 3.05) is 52.9 Å². The summed E-state index contributed by atoms with van der Waals surface area (Å²) >= 11 is 0. The fraction of sp³-hybridized carbons (Fsp3) is 0.818. The quantitative estimate of drug-likeness (QED) is 0.399. The normalized spacial score (nSPS) is 22.2. The van der Waals surface area contributed by atoms with Crippen molar-refractivity contribution < 1.29 is 4.79 Å². The first-order chi connectivity index (χ1) is 13.8. The average molecular weight is 390 g/mol. The maximum Gasteiger partial charge on any atom is 0.225 e. The van der Waals surface area contributed by atoms with Gasteiger partial charge in [0.2, 0.25) is 5.91 Å². The number of aliphatic imine (C=N–C) groups is 1. The zero-order chi connectivity index (χ0) is 19.6. The van der Waals surface area contributed by atoms with Gasteiger partial charge in [-0.05, 0) is 44.9 Å². The first kappa shape index (κ1) is 21.2. The average Bonchev–Trinajstić information content (AvgIpc) is 3.28. The maximum absolute atomic E-state index is 12.5. The number of rotatable bonds is 7. The van der Waals surface area contributed by atoms with Gasteiger partial charge in [-0.2, -0.15) is 0 Å². The molecule has 0 aromatic rings. The van der Waals surface area contributed by atoms with Gasteiger partial charge in [-0.3, -0.25) is 14.7 Å². The van der Waals surface area contributed by atoms with E-state index in [0.29, 0.717) is 11.8 Å². The number of carbonyl (C=O) groups is 1. The van der Waals surface area contributed by atoms with Gasteiger partial charge in [-0.15, -0.1) is 0 Å². The lowest BCUT2D eigenvalue weighted by atomic mass is 9.97. The number of allylic oxidation sites excluding steroid dienone is 1. The van der Waals surface area contributed by atoms with Crippen LogP contribution in [0.25, 0.3) is 0 Å². The number of hydrogen-bond donors (Lipinski definition) is 2. The van der Waals surface area contributed by atoms with E-state index < -0.39 is 0 Å². The van der Waals surface area contributed by atoms with Crippen molar-refractivity contribution in [1.29, 1.82) is 0 Å². The molecule has 0 radical (unpaired) electrons. The van der Waals surface area contributed by atoms with Crippen LogP contribution in [0.5, 0.6) is 0 Å². The van der Waals surface area contributed by atoms with E-state index in [2.05, 4.69) is 31.5 Å². The van der Waals surface area contributed by atoms with Crippen molar-refractivity contribution in [3.63, 3.8) is 0 Å². The van der Waals surface area contributed by atoms with E-state index in [-0.39, 0.29) is 0 Å². The van der Waals surface area contributed by atoms with Crippen molar-refractivity contribution in [2.24, 2.45) is 10.9 Å². The molecule has 1 saturated carbocycles. The lowest BCUT2D eigenvalue weighted by Gasteiger charge is -2.36. The third-order valence-corrected chi connectivity index (χ3v) is 6.46. The molecule has 2 fully saturated rings. The minimum atomic E-state index is 0.312. The lowest BCUT2D eigenvalue weighted by Crippen LogP contribution is -2.51. The van der Waals surface area contributed by atoms with E-state index in [1.54, 1.807) is 5.57 Å². The zero-order valence-corrected chi connectivity index (χ0v) is 17.7. The van der Waals surface area contributed by atoms with Crippen LogP contribution in [-0.2, 0) is 4.79 Å². The van der Waals surface area contributed by atoms with Crippen molar-refractivity contribution in [1.82, 2.24) is 20.4 Å². The maximum atomic E-state index is 12.5. The van der Waals surface area contributed by atoms with Crippen molar-refractivity contribution in [2.45, 2.75) is 57.8 Å². The van der Waals surface area contributed by atoms with Gasteiger partial charge in [0.1, 0.15) is 0 Å². The van der Waals surface area contributed by atoms with E-state index in [4.69, 9.17) is 0 Å². The molecule has 2 aliphatic carbocycles. The fourth-order valence-electron chi connectivity index (χ4n) is 4.65. The molecule has 1 saturated heterocycles. The van der Waals surface area contributed by atoms with Gasteiger partial charge in [-0.25, -0.2) is 0 Å². The number of hydrogen-bond acceptors (Lipinski definition) is 3. The molecule has 0 atom stereocenters. The van der Waals surface area contributed by atoms with Gasteiger partial charge in [0.15, 0.2) is 5.96 Å². The van der Waals surface area contributed by atoms with Gasteiger partial charge in [0.05, 0.1) is 0 Å². The zero-order valence-electron chi connectivity index (χ0n) is 17.7. The summed E-state index contributed by atoms with van der Waals surface area (Å²) in [5.74, 6) is 1.62. The molecule has 0 unspecified atom stereocenters. The Kier molecular flexibility index (Phi) is 8.65. The summed E-state index contributed by atoms with van der Waals surface area (Å²) in [6, 6.07) is 0. The van der Waals surface area contributed by atoms with Crippen LogP contribution in [0.1, 0.15) is 57.8 Å². The largest absolute Gasteiger partial charge is 0.356 e. The molecular formula is C22H39N5O. The standard InChI is InChI=1S/C22H39N5O/c1-23-22(24-12-11-19-7-3-2-4-8-19)25-13-14-26-15-17-27(18-16-26)21(28)20-9-5-6-10-20/h7,20H,2-6,8-18H2,1H3,(H2,23,24,25). The van der Waals surface area contributed by atoms with Gasteiger partial charge >= 0.3 is 0 Å². The highest BCUT2D eigenvalue weighted by molar-refractivity contribution is 5.79. The Labute approximate surface area is 170 Å². The molecule has 3 rings (SSSR count). The summed E-state index contributed by atoms with van der Waals surface area (Å²) in [5, 5.41) is 6.86. The minimum Gasteiger partial charge on any atom is -0.356 e. The first-order valence-corrected chi connectivity index (χ1v) is 11.4. The molecule has 0 aromatic carbocycles. The van der Waals surface area contributed by atoms with Gasteiger partial charge in [0, 0.05) is 58.8 Å². The Bertz CT molecular complexity index is 545. The molecule has 3 aliphatic rings. The smallest absolute Gasteiger partial charge is 0.225 e. The van der Waals surface area contributed by atoms with E-state index >= 15 is 0 Å². The highest BCUT2D eigenvalue weighted by atomic mass is 16.2. The molecule has 0 spiro atoms. The summed E-state index contributed by atoms with van der Waals surface area (Å²) in [6.45, 7) is 6.58. The SMILES string of the molecule is CN=C(NCCC1=CCCCC1)NCCN1CCN(C(=O)C2CCCC2)CC1. The fourth-order valence-corrected chi connectivity index (χ4v) is 4.65. The minimum absolute atomic E-state index is 0.312. The molecule has 158 valence electrons. The van der Waals surface area contributed by atoms with Crippen molar-refractivity contribution in [3.05, 3.63) is 11.6 Å². The third-order valence-electron chi connectivity index (χ3n) is 6.46. The third kappa shape index (κ3) is 6.50. The van der Waals surface area contributed by atoms with Crippen molar-refractivity contribution in [3.8, 4) is 0 Å². The Morgan fingerprint density at radius 2 is 1.82 bits per heavy atom. The molecule has 28 heavy (non-hydrogen) atoms. The Balaban J connectivity index is 1.27. The second-order valence-corrected chi connectivity index (χ2v) is 8.43. The second-order valence-electron chi connectivity index (χ2n) is 8.43. The van der Waals surface area contributed by atoms with Crippen LogP contribution in [-0.4, -0.2) is 74.5 Å². The predicted octanol–water partition coefficient (Wildman–Crippen LogP) is 2.38. The van der Waals surface area contributed by atoms with Crippen molar-refractivity contribution >= 4 is 11.9 Å². The summed E-state index contributed by atoms with van der Waals surface area (Å²) < 4.78 is 0. The number of amides is 1. The molecule has 2 N–H and O–H groups in total. The van der Waals surface area contributed by atoms with E-state index in [1.807, 2.05) is 7.05 Å². The molecule has 1 amide bonds. The molecule has 6 heteroatoms. The number of nitrogens with zero attached hydrogens (tertiary/aromatic N) is 3. The molecule has 0 bridgehead atoms. The number of piperazine rings is 1. The first-order valence-electron chi connectivity index (χ1n) is 11.4. The summed E-state index contributed by atoms with van der Waals surface area (Å²) in [5.41, 5.74) is 1.60. The van der Waals surface area contributed by atoms with Crippen LogP contribution in [0.2, 0.25) is 0 Å². The van der Waals surface area contributed by atoms with E-state index in [9.17, 15) is 4.79 Å². The van der Waals surface area contributed by atoms with Gasteiger partial charge < -0.3 is 15.5 Å². The van der Waals surface area contributed by atoms with Crippen LogP contribution in [0.4, 0.5) is 0 Å². The topological polar surface area (TPSA) is 60.0 Å². The van der Waals surface area contributed by atoms with Crippen LogP contribution < -0.4 is 10.6 Å². The van der Waals surface area contributed by atoms with E-state index in [1.165, 1.54) is 38.5 Å². The Hall–Kier alpha value is -1.56. The number of nitrogens with one attached hydrogen (secondary N) is 2. The van der Waals surface area contributed by atoms with Crippen LogP contribution in [0, 0.1) is 5.92 Å². The second kappa shape index (κ2) is 11.4. The molecule has 1 aliphatic heterocycles. The Morgan fingerprint density at radius 3 is 2.50 bits per heavy atom. The highest BCUT2D eigenvalue weighted by Gasteiger charge is 2.29. The van der Waals surface area contributed by atoms with E-state index in [0.717, 1.165) is 71.0 Å². The monoisotopic (exact) mass is 389 g/mol. The van der Waals surface area contributed by atoms with Crippen LogP contribution in [0.3, 0.4) is 0 Å². The van der Waals surface area contributed by atoms with Gasteiger partial charge in [-0.1, -0.05) is 24.5 Å². The predicted molar refractivity (Wildman–Crippen MR) is 116 cm³/mol. The molecule has 0 aromatic heterocycles.